The molecule has 7 heterocycles. The number of para-hydroxylation sites is 6. The van der Waals surface area contributed by atoms with Gasteiger partial charge in [0, 0.05) is 70.1 Å². The van der Waals surface area contributed by atoms with Crippen molar-refractivity contribution in [2.24, 2.45) is 0 Å². The van der Waals surface area contributed by atoms with Gasteiger partial charge in [0.15, 0.2) is 34.9 Å². The number of benzene rings is 18. The van der Waals surface area contributed by atoms with Gasteiger partial charge in [-0.05, 0) is 143 Å². The zero-order valence-electron chi connectivity index (χ0n) is 70.1. The van der Waals surface area contributed by atoms with Crippen LogP contribution in [0.2, 0.25) is 0 Å². The molecule has 1 aliphatic carbocycles. The molecule has 0 N–H and O–H groups in total. The third-order valence-electron chi connectivity index (χ3n) is 27.1. The molecule has 128 heavy (non-hydrogen) atoms. The SMILES string of the molecule is CC1(C)c2ccccc2C2(c3ccccc3-n3c4ccccc4c4cccc2c43)c2ccc(-c3nc(-c4ccc(-c5ccccc5)cc4)nc(-c4ccc(-c5ccccc5)cc4)n3)cc21.c1ccc(-c2ccc(-c3nc(-c4ccc(-c5ccccc5)cc4)nc(-c4ccc5c(c4)Sc4ccccc4C54c5ccccc5-n5c6ccccc6c6cccc4c65)n3)cc2)cc1. The number of hydrogen-bond donors (Lipinski definition) is 0. The molecule has 0 fully saturated rings. The van der Waals surface area contributed by atoms with Crippen molar-refractivity contribution in [1.82, 2.24) is 39.0 Å². The van der Waals surface area contributed by atoms with E-state index in [0.29, 0.717) is 34.9 Å². The first-order chi connectivity index (χ1) is 63.2. The Labute approximate surface area is 745 Å². The second-order valence-electron chi connectivity index (χ2n) is 34.3. The molecule has 2 atom stereocenters. The van der Waals surface area contributed by atoms with Gasteiger partial charge in [-0.2, -0.15) is 0 Å². The van der Waals surface area contributed by atoms with Gasteiger partial charge in [-0.25, -0.2) is 29.9 Å². The zero-order chi connectivity index (χ0) is 84.8. The van der Waals surface area contributed by atoms with Crippen LogP contribution in [0.4, 0.5) is 0 Å². The monoisotopic (exact) mass is 1650 g/mol. The molecule has 26 rings (SSSR count). The predicted molar refractivity (Wildman–Crippen MR) is 523 cm³/mol. The van der Waals surface area contributed by atoms with E-state index in [1.807, 2.05) is 36.0 Å². The number of nitrogens with zero attached hydrogens (tertiary/aromatic N) is 8. The number of rotatable bonds is 10. The average Bonchev–Trinajstić information content (AvgIpc) is 1.35. The van der Waals surface area contributed by atoms with Crippen molar-refractivity contribution in [3.8, 4) is 124 Å². The van der Waals surface area contributed by atoms with Crippen molar-refractivity contribution in [3.63, 3.8) is 0 Å². The lowest BCUT2D eigenvalue weighted by Gasteiger charge is -2.50. The third kappa shape index (κ3) is 11.6. The summed E-state index contributed by atoms with van der Waals surface area (Å²) in [4.78, 5) is 33.9. The van der Waals surface area contributed by atoms with Gasteiger partial charge in [-0.15, -0.1) is 0 Å². The van der Waals surface area contributed by atoms with Gasteiger partial charge in [-0.1, -0.05) is 420 Å². The summed E-state index contributed by atoms with van der Waals surface area (Å²) in [6.45, 7) is 4.75. The Bertz CT molecular complexity index is 8010. The van der Waals surface area contributed by atoms with Crippen LogP contribution in [0, 0.1) is 0 Å². The van der Waals surface area contributed by atoms with E-state index in [9.17, 15) is 0 Å². The molecule has 0 amide bonds. The van der Waals surface area contributed by atoms with Crippen molar-refractivity contribution < 1.29 is 0 Å². The van der Waals surface area contributed by atoms with E-state index in [4.69, 9.17) is 29.9 Å². The molecule has 8 nitrogen and oxygen atoms in total. The molecule has 4 aliphatic rings. The van der Waals surface area contributed by atoms with E-state index >= 15 is 0 Å². The Kier molecular flexibility index (Phi) is 17.2. The lowest BCUT2D eigenvalue weighted by atomic mass is 9.53. The van der Waals surface area contributed by atoms with Crippen molar-refractivity contribution in [2.75, 3.05) is 0 Å². The summed E-state index contributed by atoms with van der Waals surface area (Å²) in [5.41, 5.74) is 33.7. The highest BCUT2D eigenvalue weighted by Gasteiger charge is 2.54. The van der Waals surface area contributed by atoms with Gasteiger partial charge in [0.25, 0.3) is 0 Å². The summed E-state index contributed by atoms with van der Waals surface area (Å²) >= 11 is 1.83. The standard InChI is InChI=1S/C61H42N4.C58H36N4S/c1-60(2)48-22-10-11-23-49(48)61(51-24-12-14-27-55(51)65-54-26-13-9-20-46(54)47-21-15-25-52(61)56(47)65)50-37-36-45(38-53(50)60)59-63-57(43-32-28-41(29-33-43)39-16-5-3-6-17-39)62-58(64-59)44-34-30-42(31-35-44)40-18-7-4-8-19-40;1-3-14-37(15-4-1)39-26-30-41(31-27-39)55-59-56(42-32-28-40(29-33-42)38-16-5-2-6-17-38)61-57(60-55)43-34-35-48-53(36-43)63-52-25-12-9-21-47(52)58(48)46-20-8-11-24-51(46)62-50-23-10-7-18-44(50)45-19-13-22-49(58)54(45)62/h3-38H,1-2H3;1-36H. The lowest BCUT2D eigenvalue weighted by Crippen LogP contribution is -2.44. The van der Waals surface area contributed by atoms with E-state index in [1.54, 1.807) is 0 Å². The number of aromatic nitrogens is 8. The maximum atomic E-state index is 5.31. The molecule has 0 radical (unpaired) electrons. The quantitative estimate of drug-likeness (QED) is 0.135. The van der Waals surface area contributed by atoms with E-state index < -0.39 is 10.8 Å². The normalized spacial score (nSPS) is 15.0. The molecule has 2 spiro atoms. The smallest absolute Gasteiger partial charge is 0.164 e. The van der Waals surface area contributed by atoms with Gasteiger partial charge in [0.05, 0.1) is 44.3 Å². The first-order valence-electron chi connectivity index (χ1n) is 43.8. The fourth-order valence-corrected chi connectivity index (χ4v) is 22.5. The molecule has 0 saturated heterocycles. The van der Waals surface area contributed by atoms with E-state index in [0.717, 1.165) is 55.6 Å². The molecule has 22 aromatic rings. The van der Waals surface area contributed by atoms with Crippen LogP contribution in [0.3, 0.4) is 0 Å². The minimum Gasteiger partial charge on any atom is -0.309 e. The molecule has 9 heteroatoms. The highest BCUT2D eigenvalue weighted by atomic mass is 32.2. The summed E-state index contributed by atoms with van der Waals surface area (Å²) in [6, 6.07) is 158. The van der Waals surface area contributed by atoms with Gasteiger partial charge >= 0.3 is 0 Å². The van der Waals surface area contributed by atoms with Crippen LogP contribution in [0.5, 0.6) is 0 Å². The molecular weight excluding hydrogens is 1570 g/mol. The van der Waals surface area contributed by atoms with Crippen LogP contribution in [-0.2, 0) is 16.2 Å². The third-order valence-corrected chi connectivity index (χ3v) is 28.2. The second kappa shape index (κ2) is 29.6. The van der Waals surface area contributed by atoms with Crippen molar-refractivity contribution >= 4 is 55.4 Å². The molecule has 4 aromatic heterocycles. The fraction of sp³-hybridized carbons (Fsp3) is 0.0420. The van der Waals surface area contributed by atoms with Crippen LogP contribution < -0.4 is 0 Å². The first kappa shape index (κ1) is 74.5. The molecule has 18 aromatic carbocycles. The van der Waals surface area contributed by atoms with Crippen LogP contribution >= 0.6 is 11.8 Å². The van der Waals surface area contributed by atoms with Crippen LogP contribution in [-0.4, -0.2) is 39.0 Å². The summed E-state index contributed by atoms with van der Waals surface area (Å²) in [5, 5.41) is 5.07. The van der Waals surface area contributed by atoms with E-state index in [1.165, 1.54) is 143 Å². The highest BCUT2D eigenvalue weighted by molar-refractivity contribution is 7.99. The molecule has 0 bridgehead atoms. The predicted octanol–water partition coefficient (Wildman–Crippen LogP) is 29.1. The summed E-state index contributed by atoms with van der Waals surface area (Å²) in [5.74, 6) is 3.82. The highest BCUT2D eigenvalue weighted by Crippen LogP contribution is 2.63. The Morgan fingerprint density at radius 2 is 0.461 bits per heavy atom. The molecule has 3 aliphatic heterocycles. The number of hydrogen-bond acceptors (Lipinski definition) is 7. The van der Waals surface area contributed by atoms with Gasteiger partial charge in [0.2, 0.25) is 0 Å². The largest absolute Gasteiger partial charge is 0.309 e. The minimum atomic E-state index is -0.586. The lowest BCUT2D eigenvalue weighted by molar-refractivity contribution is 0.556. The first-order valence-corrected chi connectivity index (χ1v) is 44.6. The summed E-state index contributed by atoms with van der Waals surface area (Å²) < 4.78 is 5.00. The van der Waals surface area contributed by atoms with E-state index in [2.05, 4.69) is 435 Å². The Morgan fingerprint density at radius 3 is 0.883 bits per heavy atom. The van der Waals surface area contributed by atoms with Crippen molar-refractivity contribution in [2.45, 2.75) is 39.9 Å². The van der Waals surface area contributed by atoms with Crippen LogP contribution in [0.25, 0.3) is 168 Å². The van der Waals surface area contributed by atoms with Crippen molar-refractivity contribution in [1.29, 1.82) is 0 Å². The summed E-state index contributed by atoms with van der Waals surface area (Å²) in [6.07, 6.45) is 0. The fourth-order valence-electron chi connectivity index (χ4n) is 21.2. The van der Waals surface area contributed by atoms with Crippen molar-refractivity contribution in [3.05, 3.63) is 492 Å². The average molecular weight is 1650 g/mol. The summed E-state index contributed by atoms with van der Waals surface area (Å²) in [7, 11) is 0. The molecule has 2 unspecified atom stereocenters. The van der Waals surface area contributed by atoms with Crippen LogP contribution in [0.1, 0.15) is 69.5 Å². The van der Waals surface area contributed by atoms with E-state index in [-0.39, 0.29) is 5.41 Å². The Morgan fingerprint density at radius 1 is 0.188 bits per heavy atom. The Balaban J connectivity index is 0.000000139. The topological polar surface area (TPSA) is 87.2 Å². The Hall–Kier alpha value is -16.1. The maximum Gasteiger partial charge on any atom is 0.164 e. The molecule has 600 valence electrons. The van der Waals surface area contributed by atoms with Gasteiger partial charge in [0.1, 0.15) is 0 Å². The van der Waals surface area contributed by atoms with Gasteiger partial charge in [-0.3, -0.25) is 0 Å². The zero-order valence-corrected chi connectivity index (χ0v) is 70.9. The second-order valence-corrected chi connectivity index (χ2v) is 35.4. The van der Waals surface area contributed by atoms with Gasteiger partial charge < -0.3 is 9.13 Å². The minimum absolute atomic E-state index is 0.348. The maximum absolute atomic E-state index is 5.31. The van der Waals surface area contributed by atoms with Crippen LogP contribution in [0.15, 0.2) is 447 Å². The molecular formula is C119H78N8S. The molecule has 0 saturated carbocycles. The number of fused-ring (bicyclic) bond motifs is 22.